The van der Waals surface area contributed by atoms with Crippen molar-refractivity contribution in [3.63, 3.8) is 0 Å². The summed E-state index contributed by atoms with van der Waals surface area (Å²) >= 11 is 8.63. The number of anilines is 2. The molecule has 7 heteroatoms. The van der Waals surface area contributed by atoms with Gasteiger partial charge in [-0.05, 0) is 67.2 Å². The van der Waals surface area contributed by atoms with Crippen LogP contribution in [0.15, 0.2) is 46.9 Å². The summed E-state index contributed by atoms with van der Waals surface area (Å²) in [6.07, 6.45) is 0. The zero-order chi connectivity index (χ0) is 16.1. The van der Waals surface area contributed by atoms with Crippen LogP contribution in [0.25, 0.3) is 0 Å². The van der Waals surface area contributed by atoms with Crippen LogP contribution >= 0.6 is 28.1 Å². The van der Waals surface area contributed by atoms with Gasteiger partial charge in [0, 0.05) is 15.8 Å². The Morgan fingerprint density at radius 3 is 2.41 bits per heavy atom. The van der Waals surface area contributed by atoms with Gasteiger partial charge >= 0.3 is 6.61 Å². The number of nitrogens with one attached hydrogen (secondary N) is 2. The molecule has 0 radical (unpaired) electrons. The van der Waals surface area contributed by atoms with E-state index in [9.17, 15) is 8.78 Å². The average molecular weight is 387 g/mol. The molecule has 3 nitrogen and oxygen atoms in total. The Bertz CT molecular complexity index is 665. The molecule has 2 N–H and O–H groups in total. The fourth-order valence-corrected chi connectivity index (χ4v) is 2.48. The highest BCUT2D eigenvalue weighted by Gasteiger charge is 2.05. The molecule has 0 bridgehead atoms. The minimum atomic E-state index is -2.83. The summed E-state index contributed by atoms with van der Waals surface area (Å²) in [5.41, 5.74) is 2.60. The van der Waals surface area contributed by atoms with Gasteiger partial charge in [0.05, 0.1) is 0 Å². The first kappa shape index (κ1) is 16.6. The van der Waals surface area contributed by atoms with Crippen LogP contribution in [0.1, 0.15) is 5.56 Å². The molecular formula is C15H13BrF2N2OS. The van der Waals surface area contributed by atoms with E-state index in [-0.39, 0.29) is 5.75 Å². The molecule has 0 saturated carbocycles. The van der Waals surface area contributed by atoms with E-state index in [2.05, 4.69) is 31.3 Å². The lowest BCUT2D eigenvalue weighted by molar-refractivity contribution is -0.0498. The standard InChI is InChI=1S/C15H13BrF2N2OS/c1-9-8-10(16)2-7-13(9)20-15(22)19-11-3-5-12(6-4-11)21-14(17)18/h2-8,14H,1H3,(H2,19,20,22). The van der Waals surface area contributed by atoms with Gasteiger partial charge in [-0.25, -0.2) is 0 Å². The predicted octanol–water partition coefficient (Wildman–Crippen LogP) is 5.17. The second-order valence-corrected chi connectivity index (χ2v) is 5.77. The van der Waals surface area contributed by atoms with Crippen molar-refractivity contribution in [1.29, 1.82) is 0 Å². The number of hydrogen-bond donors (Lipinski definition) is 2. The molecule has 0 aliphatic heterocycles. The second kappa shape index (κ2) is 7.51. The minimum Gasteiger partial charge on any atom is -0.435 e. The maximum Gasteiger partial charge on any atom is 0.387 e. The smallest absolute Gasteiger partial charge is 0.387 e. The molecule has 0 fully saturated rings. The fraction of sp³-hybridized carbons (Fsp3) is 0.133. The van der Waals surface area contributed by atoms with E-state index in [1.165, 1.54) is 12.1 Å². The summed E-state index contributed by atoms with van der Waals surface area (Å²) in [6, 6.07) is 11.9. The van der Waals surface area contributed by atoms with E-state index in [1.54, 1.807) is 12.1 Å². The number of aryl methyl sites for hydroxylation is 1. The molecule has 0 aliphatic rings. The van der Waals surface area contributed by atoms with Gasteiger partial charge in [-0.1, -0.05) is 15.9 Å². The third-order valence-corrected chi connectivity index (χ3v) is 3.47. The summed E-state index contributed by atoms with van der Waals surface area (Å²) in [4.78, 5) is 0. The molecule has 2 aromatic rings. The summed E-state index contributed by atoms with van der Waals surface area (Å²) < 4.78 is 29.4. The normalized spacial score (nSPS) is 10.4. The minimum absolute atomic E-state index is 0.100. The van der Waals surface area contributed by atoms with Crippen LogP contribution in [-0.4, -0.2) is 11.7 Å². The molecule has 0 heterocycles. The van der Waals surface area contributed by atoms with Crippen LogP contribution in [-0.2, 0) is 0 Å². The van der Waals surface area contributed by atoms with E-state index in [1.807, 2.05) is 25.1 Å². The van der Waals surface area contributed by atoms with E-state index >= 15 is 0 Å². The van der Waals surface area contributed by atoms with Gasteiger partial charge in [0.2, 0.25) is 0 Å². The maximum atomic E-state index is 12.1. The largest absolute Gasteiger partial charge is 0.435 e. The lowest BCUT2D eigenvalue weighted by Gasteiger charge is -2.13. The number of hydrogen-bond acceptors (Lipinski definition) is 2. The van der Waals surface area contributed by atoms with Crippen molar-refractivity contribution < 1.29 is 13.5 Å². The molecule has 0 unspecified atom stereocenters. The monoisotopic (exact) mass is 386 g/mol. The first-order valence-electron chi connectivity index (χ1n) is 6.33. The Kier molecular flexibility index (Phi) is 5.68. The lowest BCUT2D eigenvalue weighted by atomic mass is 10.2. The van der Waals surface area contributed by atoms with Crippen LogP contribution in [0.5, 0.6) is 5.75 Å². The first-order valence-corrected chi connectivity index (χ1v) is 7.53. The van der Waals surface area contributed by atoms with Crippen molar-refractivity contribution in [2.24, 2.45) is 0 Å². The third-order valence-electron chi connectivity index (χ3n) is 2.77. The topological polar surface area (TPSA) is 33.3 Å². The van der Waals surface area contributed by atoms with Gasteiger partial charge in [-0.15, -0.1) is 0 Å². The highest BCUT2D eigenvalue weighted by atomic mass is 79.9. The molecule has 0 spiro atoms. The molecule has 22 heavy (non-hydrogen) atoms. The van der Waals surface area contributed by atoms with Crippen LogP contribution in [0.4, 0.5) is 20.2 Å². The third kappa shape index (κ3) is 4.92. The van der Waals surface area contributed by atoms with Crippen LogP contribution in [0.3, 0.4) is 0 Å². The van der Waals surface area contributed by atoms with Crippen LogP contribution < -0.4 is 15.4 Å². The Balaban J connectivity index is 1.97. The molecule has 116 valence electrons. The van der Waals surface area contributed by atoms with Crippen molar-refractivity contribution in [3.05, 3.63) is 52.5 Å². The van der Waals surface area contributed by atoms with E-state index in [0.29, 0.717) is 10.8 Å². The van der Waals surface area contributed by atoms with Gasteiger partial charge in [-0.3, -0.25) is 0 Å². The fourth-order valence-electron chi connectivity index (χ4n) is 1.77. The molecule has 0 aromatic heterocycles. The van der Waals surface area contributed by atoms with Crippen LogP contribution in [0.2, 0.25) is 0 Å². The second-order valence-electron chi connectivity index (χ2n) is 4.44. The molecule has 0 aliphatic carbocycles. The van der Waals surface area contributed by atoms with Crippen molar-refractivity contribution in [2.45, 2.75) is 13.5 Å². The van der Waals surface area contributed by atoms with Gasteiger partial charge in [0.25, 0.3) is 0 Å². The maximum absolute atomic E-state index is 12.1. The average Bonchev–Trinajstić information content (AvgIpc) is 2.43. The molecular weight excluding hydrogens is 374 g/mol. The zero-order valence-corrected chi connectivity index (χ0v) is 14.0. The Hall–Kier alpha value is -1.73. The Labute approximate surface area is 140 Å². The molecule has 0 saturated heterocycles. The quantitative estimate of drug-likeness (QED) is 0.710. The number of halogens is 3. The number of ether oxygens (including phenoxy) is 1. The first-order chi connectivity index (χ1) is 10.4. The lowest BCUT2D eigenvalue weighted by Crippen LogP contribution is -2.19. The number of alkyl halides is 2. The van der Waals surface area contributed by atoms with Gasteiger partial charge in [0.15, 0.2) is 5.11 Å². The molecule has 2 rings (SSSR count). The number of thiocarbonyl (C=S) groups is 1. The van der Waals surface area contributed by atoms with Crippen molar-refractivity contribution >= 4 is 44.6 Å². The van der Waals surface area contributed by atoms with Crippen molar-refractivity contribution in [1.82, 2.24) is 0 Å². The summed E-state index contributed by atoms with van der Waals surface area (Å²) in [5, 5.41) is 6.47. The summed E-state index contributed by atoms with van der Waals surface area (Å²) in [5.74, 6) is 0.100. The Morgan fingerprint density at radius 1 is 1.14 bits per heavy atom. The number of benzene rings is 2. The van der Waals surface area contributed by atoms with Crippen molar-refractivity contribution in [2.75, 3.05) is 10.6 Å². The predicted molar refractivity (Wildman–Crippen MR) is 91.8 cm³/mol. The highest BCUT2D eigenvalue weighted by Crippen LogP contribution is 2.21. The summed E-state index contributed by atoms with van der Waals surface area (Å²) in [6.45, 7) is -0.867. The number of rotatable bonds is 4. The summed E-state index contributed by atoms with van der Waals surface area (Å²) in [7, 11) is 0. The molecule has 2 aromatic carbocycles. The van der Waals surface area contributed by atoms with E-state index < -0.39 is 6.61 Å². The molecule has 0 amide bonds. The van der Waals surface area contributed by atoms with E-state index in [0.717, 1.165) is 15.7 Å². The zero-order valence-electron chi connectivity index (χ0n) is 11.6. The highest BCUT2D eigenvalue weighted by molar-refractivity contribution is 9.10. The SMILES string of the molecule is Cc1cc(Br)ccc1NC(=S)Nc1ccc(OC(F)F)cc1. The molecule has 0 atom stereocenters. The van der Waals surface area contributed by atoms with Crippen LogP contribution in [0, 0.1) is 6.92 Å². The van der Waals surface area contributed by atoms with Gasteiger partial charge in [-0.2, -0.15) is 8.78 Å². The van der Waals surface area contributed by atoms with Gasteiger partial charge < -0.3 is 15.4 Å². The van der Waals surface area contributed by atoms with Crippen molar-refractivity contribution in [3.8, 4) is 5.75 Å². The Morgan fingerprint density at radius 2 is 1.82 bits per heavy atom. The van der Waals surface area contributed by atoms with E-state index in [4.69, 9.17) is 12.2 Å². The van der Waals surface area contributed by atoms with Gasteiger partial charge in [0.1, 0.15) is 5.75 Å².